The predicted molar refractivity (Wildman–Crippen MR) is 173 cm³/mol. The highest BCUT2D eigenvalue weighted by Crippen LogP contribution is 2.34. The van der Waals surface area contributed by atoms with E-state index in [4.69, 9.17) is 44.3 Å². The topological polar surface area (TPSA) is 106 Å². The Labute approximate surface area is 274 Å². The fourth-order valence-corrected chi connectivity index (χ4v) is 5.76. The Hall–Kier alpha value is -1.91. The highest BCUT2D eigenvalue weighted by Gasteiger charge is 2.44. The minimum Gasteiger partial charge on any atom is -0.430 e. The number of halogens is 3. The third-order valence-electron chi connectivity index (χ3n) is 7.84. The summed E-state index contributed by atoms with van der Waals surface area (Å²) in [4.78, 5) is 46.0. The molecule has 1 aliphatic heterocycles. The van der Waals surface area contributed by atoms with Crippen LogP contribution in [-0.2, 0) is 19.1 Å². The van der Waals surface area contributed by atoms with Crippen molar-refractivity contribution in [2.24, 2.45) is 17.3 Å². The van der Waals surface area contributed by atoms with Crippen LogP contribution in [0.15, 0.2) is 34.8 Å². The van der Waals surface area contributed by atoms with Gasteiger partial charge in [0, 0.05) is 12.4 Å². The summed E-state index contributed by atoms with van der Waals surface area (Å²) in [6.45, 7) is 12.0. The summed E-state index contributed by atoms with van der Waals surface area (Å²) in [5.74, 6) is -1.82. The molecule has 0 spiro atoms. The van der Waals surface area contributed by atoms with Gasteiger partial charge in [0.25, 0.3) is 0 Å². The molecule has 240 valence electrons. The number of allylic oxidation sites excluding steroid dienone is 3. The number of hydrogen-bond acceptors (Lipinski definition) is 8. The maximum Gasteiger partial charge on any atom is 0.508 e. The maximum atomic E-state index is 13.8. The quantitative estimate of drug-likeness (QED) is 0.260. The molecule has 0 radical (unpaired) electrons. The zero-order chi connectivity index (χ0) is 32.7. The van der Waals surface area contributed by atoms with Crippen molar-refractivity contribution in [3.05, 3.63) is 45.5 Å². The lowest BCUT2D eigenvalue weighted by atomic mass is 9.73. The van der Waals surface area contributed by atoms with Gasteiger partial charge < -0.3 is 19.5 Å². The first kappa shape index (κ1) is 37.3. The molecule has 0 fully saturated rings. The van der Waals surface area contributed by atoms with Crippen LogP contribution in [0.25, 0.3) is 6.08 Å². The Balaban J connectivity index is 2.46. The number of rotatable bonds is 4. The van der Waals surface area contributed by atoms with Gasteiger partial charge in [0.2, 0.25) is 9.70 Å². The molecular formula is C31H43Cl3N2O6S. The molecule has 1 aliphatic rings. The fraction of sp³-hybridized carbons (Fsp3) is 0.613. The average Bonchev–Trinajstić information content (AvgIpc) is 3.32. The lowest BCUT2D eigenvalue weighted by molar-refractivity contribution is -0.145. The van der Waals surface area contributed by atoms with E-state index in [1.165, 1.54) is 0 Å². The first-order valence-electron chi connectivity index (χ1n) is 14.1. The minimum atomic E-state index is -1.82. The van der Waals surface area contributed by atoms with Crippen molar-refractivity contribution in [2.75, 3.05) is 13.7 Å². The zero-order valence-corrected chi connectivity index (χ0v) is 29.1. The number of aliphatic hydroxyl groups is 1. The van der Waals surface area contributed by atoms with Gasteiger partial charge >= 0.3 is 6.16 Å². The summed E-state index contributed by atoms with van der Waals surface area (Å²) in [5, 5.41) is 14.2. The Morgan fingerprint density at radius 1 is 1.23 bits per heavy atom. The molecule has 0 aliphatic carbocycles. The normalized spacial score (nSPS) is 26.7. The van der Waals surface area contributed by atoms with Crippen LogP contribution < -0.4 is 0 Å². The molecule has 0 bridgehead atoms. The lowest BCUT2D eigenvalue weighted by Gasteiger charge is -2.36. The summed E-state index contributed by atoms with van der Waals surface area (Å²) in [5.41, 5.74) is 1.42. The van der Waals surface area contributed by atoms with Gasteiger partial charge in [-0.25, -0.2) is 9.78 Å². The predicted octanol–water partition coefficient (Wildman–Crippen LogP) is 7.49. The van der Waals surface area contributed by atoms with Crippen LogP contribution in [0.3, 0.4) is 0 Å². The molecule has 2 heterocycles. The number of Topliss-reactive ketones (excluding diaryl/α,β-unsaturated/α-hetero) is 1. The van der Waals surface area contributed by atoms with E-state index in [0.29, 0.717) is 12.8 Å². The highest BCUT2D eigenvalue weighted by atomic mass is 35.6. The number of thiazole rings is 1. The van der Waals surface area contributed by atoms with Gasteiger partial charge in [-0.1, -0.05) is 86.3 Å². The summed E-state index contributed by atoms with van der Waals surface area (Å²) < 4.78 is 8.74. The molecule has 1 N–H and O–H groups in total. The Kier molecular flexibility index (Phi) is 13.8. The molecule has 0 saturated carbocycles. The Bertz CT molecular complexity index is 1240. The van der Waals surface area contributed by atoms with E-state index in [9.17, 15) is 19.5 Å². The number of alkyl halides is 3. The molecule has 1 aromatic rings. The number of hydrogen-bond donors (Lipinski definition) is 1. The van der Waals surface area contributed by atoms with Crippen LogP contribution >= 0.6 is 46.1 Å². The van der Waals surface area contributed by atoms with E-state index in [-0.39, 0.29) is 30.1 Å². The van der Waals surface area contributed by atoms with Crippen molar-refractivity contribution in [2.45, 2.75) is 89.8 Å². The molecule has 0 aromatic carbocycles. The molecule has 2 rings (SSSR count). The first-order valence-corrected chi connectivity index (χ1v) is 16.2. The van der Waals surface area contributed by atoms with Crippen molar-refractivity contribution >= 4 is 70.1 Å². The molecular weight excluding hydrogens is 635 g/mol. The van der Waals surface area contributed by atoms with Gasteiger partial charge in [0.05, 0.1) is 40.6 Å². The third-order valence-corrected chi connectivity index (χ3v) is 8.96. The summed E-state index contributed by atoms with van der Waals surface area (Å²) in [6, 6.07) is -0.286. The molecule has 1 amide bonds. The second-order valence-electron chi connectivity index (χ2n) is 11.8. The smallest absolute Gasteiger partial charge is 0.430 e. The van der Waals surface area contributed by atoms with Crippen LogP contribution in [0.4, 0.5) is 4.79 Å². The van der Waals surface area contributed by atoms with Crippen LogP contribution in [0.2, 0.25) is 0 Å². The monoisotopic (exact) mass is 676 g/mol. The van der Waals surface area contributed by atoms with E-state index in [2.05, 4.69) is 11.1 Å². The van der Waals surface area contributed by atoms with Crippen molar-refractivity contribution in [3.63, 3.8) is 0 Å². The third kappa shape index (κ3) is 11.2. The number of aliphatic hydroxyl groups excluding tert-OH is 1. The van der Waals surface area contributed by atoms with Crippen LogP contribution in [-0.4, -0.2) is 68.5 Å². The molecule has 5 atom stereocenters. The van der Waals surface area contributed by atoms with E-state index in [1.807, 2.05) is 51.3 Å². The number of ether oxygens (including phenoxy) is 2. The second kappa shape index (κ2) is 15.9. The SMILES string of the molecule is CC1=CC[C@@H](/C(C)=C/c2csc(C)n2)N(C)C(=O)C[C@H](O)C(C)(C)C(=O)[C@H](C)[C@@H](OC(=O)OCC(Cl)(Cl)Cl)[C@@H](C)CC=C1. The molecule has 8 nitrogen and oxygen atoms in total. The molecule has 43 heavy (non-hydrogen) atoms. The Morgan fingerprint density at radius 3 is 2.47 bits per heavy atom. The zero-order valence-electron chi connectivity index (χ0n) is 26.0. The number of amides is 1. The van der Waals surface area contributed by atoms with Crippen molar-refractivity contribution in [1.82, 2.24) is 9.88 Å². The van der Waals surface area contributed by atoms with Gasteiger partial charge in [-0.3, -0.25) is 9.59 Å². The number of carbonyl (C=O) groups is 3. The summed E-state index contributed by atoms with van der Waals surface area (Å²) in [7, 11) is 1.71. The van der Waals surface area contributed by atoms with Crippen molar-refractivity contribution in [3.8, 4) is 0 Å². The van der Waals surface area contributed by atoms with Crippen molar-refractivity contribution < 1.29 is 29.0 Å². The van der Waals surface area contributed by atoms with Gasteiger partial charge in [-0.2, -0.15) is 0 Å². The van der Waals surface area contributed by atoms with E-state index in [0.717, 1.165) is 21.8 Å². The minimum absolute atomic E-state index is 0.267. The number of aryl methyl sites for hydroxylation is 1. The maximum absolute atomic E-state index is 13.8. The van der Waals surface area contributed by atoms with Crippen LogP contribution in [0.1, 0.15) is 71.5 Å². The number of carbonyl (C=O) groups excluding carboxylic acids is 3. The van der Waals surface area contributed by atoms with E-state index < -0.39 is 40.1 Å². The number of ketones is 1. The molecule has 0 saturated heterocycles. The average molecular weight is 678 g/mol. The molecule has 12 heteroatoms. The van der Waals surface area contributed by atoms with E-state index >= 15 is 0 Å². The number of likely N-dealkylation sites (N-methyl/N-ethyl adjacent to an activating group) is 1. The van der Waals surface area contributed by atoms with Crippen LogP contribution in [0, 0.1) is 24.2 Å². The van der Waals surface area contributed by atoms with Crippen molar-refractivity contribution in [1.29, 1.82) is 0 Å². The lowest BCUT2D eigenvalue weighted by Crippen LogP contribution is -2.48. The van der Waals surface area contributed by atoms with Gasteiger partial charge in [0.15, 0.2) is 0 Å². The van der Waals surface area contributed by atoms with Gasteiger partial charge in [-0.15, -0.1) is 11.3 Å². The van der Waals surface area contributed by atoms with Gasteiger partial charge in [-0.05, 0) is 51.2 Å². The fourth-order valence-electron chi connectivity index (χ4n) is 5.03. The largest absolute Gasteiger partial charge is 0.508 e. The molecule has 0 unspecified atom stereocenters. The Morgan fingerprint density at radius 2 is 1.88 bits per heavy atom. The second-order valence-corrected chi connectivity index (χ2v) is 15.4. The van der Waals surface area contributed by atoms with E-state index in [1.54, 1.807) is 44.1 Å². The number of aromatic nitrogens is 1. The first-order chi connectivity index (χ1) is 19.8. The highest BCUT2D eigenvalue weighted by molar-refractivity contribution is 7.09. The standard InChI is InChI=1S/C31H43Cl3N2O6S/c1-18-10-9-11-19(2)27(42-29(40)41-17-31(32,33)34)21(4)28(39)30(6,7)25(37)15-26(38)36(8)24(13-12-18)20(3)14-23-16-43-22(5)35-23/h9-10,12,14,16,19,21,24-25,27,37H,11,13,15,17H2,1-8H3/b10-9?,18-12?,20-14+/t19-,21+,24-,25-,27-/m0/s1. The van der Waals surface area contributed by atoms with Gasteiger partial charge in [0.1, 0.15) is 18.5 Å². The summed E-state index contributed by atoms with van der Waals surface area (Å²) in [6.07, 6.45) is 5.42. The molecule has 1 aromatic heterocycles. The summed E-state index contributed by atoms with van der Waals surface area (Å²) >= 11 is 18.6. The number of nitrogens with zero attached hydrogens (tertiary/aromatic N) is 2. The van der Waals surface area contributed by atoms with Crippen LogP contribution in [0.5, 0.6) is 0 Å².